The zero-order valence-corrected chi connectivity index (χ0v) is 19.1. The van der Waals surface area contributed by atoms with Crippen molar-refractivity contribution in [2.24, 2.45) is 0 Å². The number of hydrogen-bond acceptors (Lipinski definition) is 5. The van der Waals surface area contributed by atoms with Crippen molar-refractivity contribution < 1.29 is 26.7 Å². The van der Waals surface area contributed by atoms with Crippen LogP contribution in [0.15, 0.2) is 47.9 Å². The van der Waals surface area contributed by atoms with E-state index in [-0.39, 0.29) is 12.3 Å². The van der Waals surface area contributed by atoms with Gasteiger partial charge in [0.1, 0.15) is 11.6 Å². The van der Waals surface area contributed by atoms with E-state index in [1.165, 1.54) is 13.0 Å². The van der Waals surface area contributed by atoms with Crippen LogP contribution in [0.3, 0.4) is 0 Å². The van der Waals surface area contributed by atoms with Crippen molar-refractivity contribution in [1.29, 1.82) is 0 Å². The molecule has 6 nitrogen and oxygen atoms in total. The number of morpholine rings is 1. The lowest BCUT2D eigenvalue weighted by molar-refractivity contribution is 0.0931. The number of carbonyl (C=O) groups is 1. The summed E-state index contributed by atoms with van der Waals surface area (Å²) in [6, 6.07) is 7.79. The summed E-state index contributed by atoms with van der Waals surface area (Å²) in [5.41, 5.74) is 0.243. The first-order valence-electron chi connectivity index (χ1n) is 9.84. The lowest BCUT2D eigenvalue weighted by Crippen LogP contribution is -2.40. The molecule has 0 unspecified atom stereocenters. The topological polar surface area (TPSA) is 75.7 Å². The zero-order chi connectivity index (χ0) is 23.5. The molecule has 1 saturated heterocycles. The molecule has 1 aliphatic rings. The minimum Gasteiger partial charge on any atom is -0.377 e. The molecule has 32 heavy (non-hydrogen) atoms. The maximum atomic E-state index is 15.1. The van der Waals surface area contributed by atoms with Crippen LogP contribution in [-0.2, 0) is 14.6 Å². The Morgan fingerprint density at radius 3 is 2.69 bits per heavy atom. The fourth-order valence-corrected chi connectivity index (χ4v) is 4.20. The summed E-state index contributed by atoms with van der Waals surface area (Å²) in [7, 11) is -3.37. The van der Waals surface area contributed by atoms with Crippen LogP contribution in [0.4, 0.5) is 14.5 Å². The Morgan fingerprint density at radius 2 is 2.00 bits per heavy atom. The largest absolute Gasteiger partial charge is 0.377 e. The first-order valence-corrected chi connectivity index (χ1v) is 12.2. The maximum absolute atomic E-state index is 15.1. The molecule has 1 N–H and O–H groups in total. The number of benzene rings is 2. The van der Waals surface area contributed by atoms with Crippen molar-refractivity contribution in [3.63, 3.8) is 0 Å². The van der Waals surface area contributed by atoms with Crippen LogP contribution in [-0.4, -0.2) is 46.4 Å². The summed E-state index contributed by atoms with van der Waals surface area (Å²) in [5, 5.41) is 3.85. The highest BCUT2D eigenvalue weighted by molar-refractivity contribution is 7.93. The average Bonchev–Trinajstić information content (AvgIpc) is 2.73. The number of nitrogens with zero attached hydrogens (tertiary/aromatic N) is 1. The number of amides is 1. The van der Waals surface area contributed by atoms with Crippen LogP contribution >= 0.6 is 11.6 Å². The second-order valence-corrected chi connectivity index (χ2v) is 9.85. The van der Waals surface area contributed by atoms with Gasteiger partial charge in [-0.2, -0.15) is 0 Å². The van der Waals surface area contributed by atoms with Gasteiger partial charge in [-0.25, -0.2) is 17.2 Å². The quantitative estimate of drug-likeness (QED) is 0.673. The van der Waals surface area contributed by atoms with E-state index >= 15 is 4.39 Å². The lowest BCUT2D eigenvalue weighted by Gasteiger charge is -2.38. The summed E-state index contributed by atoms with van der Waals surface area (Å²) >= 11 is 6.30. The van der Waals surface area contributed by atoms with Crippen LogP contribution in [0.25, 0.3) is 0 Å². The Labute approximate surface area is 190 Å². The SMILES string of the molecule is C[C@H](/C=C/S(C)(=O)=O)NC(=O)c1cc(F)c(N2CCOC[C@@H]2c2ccccc2Cl)cc1F. The van der Waals surface area contributed by atoms with Crippen LogP contribution in [0, 0.1) is 11.6 Å². The molecular weight excluding hydrogens is 462 g/mol. The maximum Gasteiger partial charge on any atom is 0.254 e. The smallest absolute Gasteiger partial charge is 0.254 e. The third-order valence-electron chi connectivity index (χ3n) is 4.96. The fraction of sp³-hybridized carbons (Fsp3) is 0.318. The molecule has 3 rings (SSSR count). The molecule has 0 spiro atoms. The molecule has 10 heteroatoms. The third kappa shape index (κ3) is 5.85. The van der Waals surface area contributed by atoms with Gasteiger partial charge in [0.15, 0.2) is 9.84 Å². The Kier molecular flexibility index (Phi) is 7.53. The Balaban J connectivity index is 1.87. The van der Waals surface area contributed by atoms with Crippen LogP contribution < -0.4 is 10.2 Å². The van der Waals surface area contributed by atoms with Crippen molar-refractivity contribution in [1.82, 2.24) is 5.32 Å². The van der Waals surface area contributed by atoms with E-state index in [2.05, 4.69) is 5.32 Å². The van der Waals surface area contributed by atoms with Gasteiger partial charge in [-0.05, 0) is 24.6 Å². The molecule has 2 atom stereocenters. The van der Waals surface area contributed by atoms with Gasteiger partial charge in [-0.3, -0.25) is 4.79 Å². The first kappa shape index (κ1) is 24.2. The van der Waals surface area contributed by atoms with E-state index in [0.717, 1.165) is 29.4 Å². The minimum absolute atomic E-state index is 0.00251. The molecule has 1 fully saturated rings. The summed E-state index contributed by atoms with van der Waals surface area (Å²) in [5.74, 6) is -2.53. The number of carbonyl (C=O) groups excluding carboxylic acids is 1. The number of anilines is 1. The summed E-state index contributed by atoms with van der Waals surface area (Å²) in [6.07, 6.45) is 2.26. The van der Waals surface area contributed by atoms with Crippen molar-refractivity contribution in [3.8, 4) is 0 Å². The number of ether oxygens (including phenoxy) is 1. The van der Waals surface area contributed by atoms with Crippen LogP contribution in [0.2, 0.25) is 5.02 Å². The third-order valence-corrected chi connectivity index (χ3v) is 5.95. The van der Waals surface area contributed by atoms with Gasteiger partial charge in [-0.1, -0.05) is 35.9 Å². The Bertz CT molecular complexity index is 1140. The van der Waals surface area contributed by atoms with E-state index in [0.29, 0.717) is 18.2 Å². The van der Waals surface area contributed by atoms with E-state index in [9.17, 15) is 17.6 Å². The average molecular weight is 485 g/mol. The molecular formula is C22H23ClF2N2O4S. The summed E-state index contributed by atoms with van der Waals surface area (Å²) < 4.78 is 57.8. The molecule has 0 saturated carbocycles. The molecule has 0 aromatic heterocycles. The van der Waals surface area contributed by atoms with Gasteiger partial charge in [0.05, 0.1) is 30.5 Å². The summed E-state index contributed by atoms with van der Waals surface area (Å²) in [4.78, 5) is 14.1. The highest BCUT2D eigenvalue weighted by Gasteiger charge is 2.29. The normalized spacial score (nSPS) is 18.0. The predicted octanol–water partition coefficient (Wildman–Crippen LogP) is 3.87. The lowest BCUT2D eigenvalue weighted by atomic mass is 10.0. The molecule has 0 bridgehead atoms. The van der Waals surface area contributed by atoms with Crippen molar-refractivity contribution in [2.45, 2.75) is 19.0 Å². The van der Waals surface area contributed by atoms with E-state index in [1.54, 1.807) is 29.2 Å². The Morgan fingerprint density at radius 1 is 1.28 bits per heavy atom. The monoisotopic (exact) mass is 484 g/mol. The minimum atomic E-state index is -3.37. The predicted molar refractivity (Wildman–Crippen MR) is 120 cm³/mol. The van der Waals surface area contributed by atoms with Gasteiger partial charge in [0.25, 0.3) is 5.91 Å². The molecule has 172 valence electrons. The second-order valence-electron chi connectivity index (χ2n) is 7.51. The van der Waals surface area contributed by atoms with Crippen molar-refractivity contribution in [2.75, 3.05) is 30.9 Å². The van der Waals surface area contributed by atoms with Gasteiger partial charge < -0.3 is 15.0 Å². The highest BCUT2D eigenvalue weighted by Crippen LogP contribution is 2.35. The molecule has 2 aromatic rings. The highest BCUT2D eigenvalue weighted by atomic mass is 35.5. The standard InChI is InChI=1S/C22H23ClF2N2O4S/c1-14(7-10-32(2,29)30)26-22(28)16-11-19(25)20(12-18(16)24)27-8-9-31-13-21(27)15-5-3-4-6-17(15)23/h3-7,10-12,14,21H,8-9,13H2,1-2H3,(H,26,28)/b10-7+/t14-,21-/m1/s1. The summed E-state index contributed by atoms with van der Waals surface area (Å²) in [6.45, 7) is 2.40. The van der Waals surface area contributed by atoms with Gasteiger partial charge >= 0.3 is 0 Å². The molecule has 0 aliphatic carbocycles. The first-order chi connectivity index (χ1) is 15.1. The van der Waals surface area contributed by atoms with Crippen LogP contribution in [0.5, 0.6) is 0 Å². The van der Waals surface area contributed by atoms with E-state index < -0.39 is 45.0 Å². The molecule has 1 heterocycles. The Hall–Kier alpha value is -2.49. The number of nitrogens with one attached hydrogen (secondary N) is 1. The fourth-order valence-electron chi connectivity index (χ4n) is 3.42. The van der Waals surface area contributed by atoms with E-state index in [1.807, 2.05) is 0 Å². The second kappa shape index (κ2) is 9.97. The molecule has 2 aromatic carbocycles. The molecule has 0 radical (unpaired) electrons. The molecule has 1 amide bonds. The number of sulfone groups is 1. The van der Waals surface area contributed by atoms with Crippen LogP contribution in [0.1, 0.15) is 28.9 Å². The number of hydrogen-bond donors (Lipinski definition) is 1. The van der Waals surface area contributed by atoms with Gasteiger partial charge in [-0.15, -0.1) is 0 Å². The number of halogens is 3. The van der Waals surface area contributed by atoms with Gasteiger partial charge in [0.2, 0.25) is 0 Å². The van der Waals surface area contributed by atoms with E-state index in [4.69, 9.17) is 16.3 Å². The van der Waals surface area contributed by atoms with Gasteiger partial charge in [0, 0.05) is 35.3 Å². The van der Waals surface area contributed by atoms with Crippen molar-refractivity contribution in [3.05, 3.63) is 75.7 Å². The zero-order valence-electron chi connectivity index (χ0n) is 17.5. The van der Waals surface area contributed by atoms with Crippen molar-refractivity contribution >= 4 is 33.0 Å². The number of rotatable bonds is 6. The molecule has 1 aliphatic heterocycles.